The summed E-state index contributed by atoms with van der Waals surface area (Å²) < 4.78 is 0. The molecule has 1 unspecified atom stereocenters. The largest absolute Gasteiger partial charge is 0.364 e. The fraction of sp³-hybridized carbons (Fsp3) is 0.438. The van der Waals surface area contributed by atoms with Gasteiger partial charge >= 0.3 is 0 Å². The van der Waals surface area contributed by atoms with E-state index < -0.39 is 0 Å². The van der Waals surface area contributed by atoms with E-state index in [1.807, 2.05) is 12.3 Å². The van der Waals surface area contributed by atoms with Crippen LogP contribution in [0.5, 0.6) is 0 Å². The van der Waals surface area contributed by atoms with Crippen LogP contribution in [0.1, 0.15) is 20.8 Å². The number of hydrogen-bond acceptors (Lipinski definition) is 3. The molecule has 0 amide bonds. The summed E-state index contributed by atoms with van der Waals surface area (Å²) in [7, 11) is 0. The van der Waals surface area contributed by atoms with Crippen molar-refractivity contribution in [1.29, 1.82) is 0 Å². The zero-order valence-corrected chi connectivity index (χ0v) is 11.9. The number of para-hydroxylation sites is 1. The topological polar surface area (TPSA) is 28.2 Å². The minimum atomic E-state index is 0.151. The number of fused-ring (bicyclic) bond motifs is 1. The first-order chi connectivity index (χ1) is 9.05. The highest BCUT2D eigenvalue weighted by atomic mass is 15.2. The van der Waals surface area contributed by atoms with Crippen molar-refractivity contribution in [3.8, 4) is 0 Å². The molecule has 3 nitrogen and oxygen atoms in total. The third-order valence-electron chi connectivity index (χ3n) is 3.88. The highest BCUT2D eigenvalue weighted by Crippen LogP contribution is 2.25. The zero-order chi connectivity index (χ0) is 13.5. The lowest BCUT2D eigenvalue weighted by Gasteiger charge is -2.44. The first-order valence-corrected chi connectivity index (χ1v) is 6.92. The molecule has 3 rings (SSSR count). The lowest BCUT2D eigenvalue weighted by molar-refractivity contribution is 0.318. The fourth-order valence-electron chi connectivity index (χ4n) is 2.73. The Morgan fingerprint density at radius 3 is 2.95 bits per heavy atom. The minimum absolute atomic E-state index is 0.151. The number of pyridine rings is 1. The van der Waals surface area contributed by atoms with Gasteiger partial charge in [0.05, 0.1) is 17.4 Å². The average Bonchev–Trinajstić information content (AvgIpc) is 2.41. The Morgan fingerprint density at radius 2 is 2.11 bits per heavy atom. The third kappa shape index (κ3) is 2.43. The van der Waals surface area contributed by atoms with E-state index in [2.05, 4.69) is 60.2 Å². The molecule has 2 heterocycles. The molecule has 3 heteroatoms. The molecule has 2 aromatic rings. The Labute approximate surface area is 114 Å². The number of piperazine rings is 1. The van der Waals surface area contributed by atoms with E-state index in [9.17, 15) is 0 Å². The average molecular weight is 255 g/mol. The fourth-order valence-corrected chi connectivity index (χ4v) is 2.73. The molecule has 1 aliphatic rings. The van der Waals surface area contributed by atoms with Crippen molar-refractivity contribution >= 4 is 16.6 Å². The SMILES string of the molecule is CC1CNC(C)(C)CN1c1cnc2ccccc2c1. The van der Waals surface area contributed by atoms with Gasteiger partial charge < -0.3 is 10.2 Å². The van der Waals surface area contributed by atoms with Crippen LogP contribution in [-0.2, 0) is 0 Å². The van der Waals surface area contributed by atoms with Gasteiger partial charge in [0, 0.05) is 30.1 Å². The number of nitrogens with zero attached hydrogens (tertiary/aromatic N) is 2. The van der Waals surface area contributed by atoms with Crippen LogP contribution in [0.4, 0.5) is 5.69 Å². The van der Waals surface area contributed by atoms with Gasteiger partial charge in [-0.2, -0.15) is 0 Å². The first kappa shape index (κ1) is 12.4. The van der Waals surface area contributed by atoms with E-state index in [0.717, 1.165) is 18.6 Å². The molecule has 0 aliphatic carbocycles. The van der Waals surface area contributed by atoms with E-state index in [1.165, 1.54) is 11.1 Å². The summed E-state index contributed by atoms with van der Waals surface area (Å²) in [6.45, 7) is 8.78. The van der Waals surface area contributed by atoms with E-state index in [0.29, 0.717) is 6.04 Å². The van der Waals surface area contributed by atoms with Gasteiger partial charge in [-0.3, -0.25) is 4.98 Å². The van der Waals surface area contributed by atoms with E-state index in [1.54, 1.807) is 0 Å². The van der Waals surface area contributed by atoms with E-state index >= 15 is 0 Å². The van der Waals surface area contributed by atoms with Crippen molar-refractivity contribution in [2.75, 3.05) is 18.0 Å². The lowest BCUT2D eigenvalue weighted by atomic mass is 9.98. The van der Waals surface area contributed by atoms with Gasteiger partial charge in [-0.15, -0.1) is 0 Å². The summed E-state index contributed by atoms with van der Waals surface area (Å²) in [5.41, 5.74) is 2.44. The monoisotopic (exact) mass is 255 g/mol. The molecular formula is C16H21N3. The maximum Gasteiger partial charge on any atom is 0.0703 e. The Kier molecular flexibility index (Phi) is 2.94. The van der Waals surface area contributed by atoms with Crippen LogP contribution >= 0.6 is 0 Å². The molecule has 1 aromatic heterocycles. The van der Waals surface area contributed by atoms with Crippen LogP contribution in [-0.4, -0.2) is 29.7 Å². The standard InChI is InChI=1S/C16H21N3/c1-12-9-18-16(2,3)11-19(12)14-8-13-6-4-5-7-15(13)17-10-14/h4-8,10,12,18H,9,11H2,1-3H3. The van der Waals surface area contributed by atoms with Crippen LogP contribution in [0.25, 0.3) is 10.9 Å². The Hall–Kier alpha value is -1.61. The smallest absolute Gasteiger partial charge is 0.0703 e. The predicted octanol–water partition coefficient (Wildman–Crippen LogP) is 2.81. The molecule has 1 aliphatic heterocycles. The van der Waals surface area contributed by atoms with E-state index in [-0.39, 0.29) is 5.54 Å². The van der Waals surface area contributed by atoms with Crippen molar-refractivity contribution in [3.05, 3.63) is 36.5 Å². The van der Waals surface area contributed by atoms with Crippen molar-refractivity contribution in [2.24, 2.45) is 0 Å². The molecule has 1 aromatic carbocycles. The second-order valence-electron chi connectivity index (χ2n) is 6.13. The first-order valence-electron chi connectivity index (χ1n) is 6.92. The minimum Gasteiger partial charge on any atom is -0.364 e. The highest BCUT2D eigenvalue weighted by Gasteiger charge is 2.30. The number of rotatable bonds is 1. The van der Waals surface area contributed by atoms with Crippen molar-refractivity contribution < 1.29 is 0 Å². The van der Waals surface area contributed by atoms with Gasteiger partial charge in [-0.05, 0) is 32.9 Å². The summed E-state index contributed by atoms with van der Waals surface area (Å²) in [6, 6.07) is 11.0. The number of anilines is 1. The van der Waals surface area contributed by atoms with Crippen LogP contribution in [0.2, 0.25) is 0 Å². The van der Waals surface area contributed by atoms with Gasteiger partial charge in [0.2, 0.25) is 0 Å². The predicted molar refractivity (Wildman–Crippen MR) is 80.6 cm³/mol. The quantitative estimate of drug-likeness (QED) is 0.849. The lowest BCUT2D eigenvalue weighted by Crippen LogP contribution is -2.61. The molecule has 100 valence electrons. The molecule has 19 heavy (non-hydrogen) atoms. The number of benzene rings is 1. The normalized spacial score (nSPS) is 22.7. The van der Waals surface area contributed by atoms with Gasteiger partial charge in [0.25, 0.3) is 0 Å². The summed E-state index contributed by atoms with van der Waals surface area (Å²) in [5.74, 6) is 0. The van der Waals surface area contributed by atoms with Gasteiger partial charge in [-0.25, -0.2) is 0 Å². The van der Waals surface area contributed by atoms with Crippen LogP contribution < -0.4 is 10.2 Å². The van der Waals surface area contributed by atoms with Gasteiger partial charge in [0.1, 0.15) is 0 Å². The van der Waals surface area contributed by atoms with E-state index in [4.69, 9.17) is 0 Å². The highest BCUT2D eigenvalue weighted by molar-refractivity contribution is 5.81. The molecule has 1 saturated heterocycles. The molecule has 0 spiro atoms. The number of aromatic nitrogens is 1. The van der Waals surface area contributed by atoms with Crippen LogP contribution in [0, 0.1) is 0 Å². The summed E-state index contributed by atoms with van der Waals surface area (Å²) >= 11 is 0. The molecule has 1 atom stereocenters. The van der Waals surface area contributed by atoms with Crippen molar-refractivity contribution in [3.63, 3.8) is 0 Å². The van der Waals surface area contributed by atoms with Crippen LogP contribution in [0.15, 0.2) is 36.5 Å². The molecular weight excluding hydrogens is 234 g/mol. The number of hydrogen-bond donors (Lipinski definition) is 1. The maximum atomic E-state index is 4.58. The Morgan fingerprint density at radius 1 is 1.32 bits per heavy atom. The Balaban J connectivity index is 1.98. The molecule has 0 radical (unpaired) electrons. The second-order valence-corrected chi connectivity index (χ2v) is 6.13. The Bertz CT molecular complexity index is 591. The summed E-state index contributed by atoms with van der Waals surface area (Å²) in [6.07, 6.45) is 2.00. The van der Waals surface area contributed by atoms with Crippen molar-refractivity contribution in [2.45, 2.75) is 32.4 Å². The number of nitrogens with one attached hydrogen (secondary N) is 1. The van der Waals surface area contributed by atoms with Crippen molar-refractivity contribution in [1.82, 2.24) is 10.3 Å². The molecule has 1 N–H and O–H groups in total. The summed E-state index contributed by atoms with van der Waals surface area (Å²) in [5, 5.41) is 4.79. The van der Waals surface area contributed by atoms with Gasteiger partial charge in [-0.1, -0.05) is 18.2 Å². The molecule has 1 fully saturated rings. The molecule has 0 bridgehead atoms. The maximum absolute atomic E-state index is 4.58. The second kappa shape index (κ2) is 4.49. The zero-order valence-electron chi connectivity index (χ0n) is 11.9. The van der Waals surface area contributed by atoms with Gasteiger partial charge in [0.15, 0.2) is 0 Å². The van der Waals surface area contributed by atoms with Crippen LogP contribution in [0.3, 0.4) is 0 Å². The third-order valence-corrected chi connectivity index (χ3v) is 3.88. The summed E-state index contributed by atoms with van der Waals surface area (Å²) in [4.78, 5) is 7.03. The molecule has 0 saturated carbocycles.